The normalized spacial score (nSPS) is 11.1. The van der Waals surface area contributed by atoms with Crippen molar-refractivity contribution >= 4 is 15.9 Å². The highest BCUT2D eigenvalue weighted by Crippen LogP contribution is 2.19. The van der Waals surface area contributed by atoms with Gasteiger partial charge in [0.2, 0.25) is 0 Å². The minimum Gasteiger partial charge on any atom is -0.311 e. The molecule has 18 heavy (non-hydrogen) atoms. The van der Waals surface area contributed by atoms with Crippen molar-refractivity contribution in [3.63, 3.8) is 0 Å². The first-order valence-corrected chi connectivity index (χ1v) is 6.60. The Labute approximate surface area is 115 Å². The van der Waals surface area contributed by atoms with E-state index in [4.69, 9.17) is 0 Å². The third-order valence-electron chi connectivity index (χ3n) is 2.73. The number of hydrogen-bond donors (Lipinski definition) is 1. The van der Waals surface area contributed by atoms with Gasteiger partial charge in [-0.2, -0.15) is 10.2 Å². The standard InChI is InChI=1S/C11H17BrN6/c1-8-11(12)9(18(3)15-8)6-13-5-4-10-14-7-17(2)16-10/h7,13H,4-6H2,1-3H3. The van der Waals surface area contributed by atoms with E-state index in [0.717, 1.165) is 41.2 Å². The number of aromatic nitrogens is 5. The monoisotopic (exact) mass is 312 g/mol. The van der Waals surface area contributed by atoms with Gasteiger partial charge in [-0.1, -0.05) is 0 Å². The van der Waals surface area contributed by atoms with Gasteiger partial charge in [-0.15, -0.1) is 0 Å². The van der Waals surface area contributed by atoms with Crippen LogP contribution in [0.1, 0.15) is 17.2 Å². The van der Waals surface area contributed by atoms with Crippen molar-refractivity contribution in [2.75, 3.05) is 6.54 Å². The lowest BCUT2D eigenvalue weighted by Gasteiger charge is -2.04. The van der Waals surface area contributed by atoms with Crippen molar-refractivity contribution in [2.24, 2.45) is 14.1 Å². The zero-order valence-corrected chi connectivity index (χ0v) is 12.4. The van der Waals surface area contributed by atoms with Crippen LogP contribution in [-0.4, -0.2) is 31.1 Å². The molecule has 7 heteroatoms. The molecule has 0 saturated carbocycles. The Morgan fingerprint density at radius 1 is 1.33 bits per heavy atom. The predicted molar refractivity (Wildman–Crippen MR) is 72.1 cm³/mol. The number of nitrogens with one attached hydrogen (secondary N) is 1. The van der Waals surface area contributed by atoms with E-state index in [1.165, 1.54) is 0 Å². The molecule has 1 N–H and O–H groups in total. The van der Waals surface area contributed by atoms with Gasteiger partial charge in [0.1, 0.15) is 6.33 Å². The van der Waals surface area contributed by atoms with Gasteiger partial charge in [0.05, 0.1) is 15.9 Å². The highest BCUT2D eigenvalue weighted by atomic mass is 79.9. The van der Waals surface area contributed by atoms with Gasteiger partial charge in [0, 0.05) is 33.6 Å². The van der Waals surface area contributed by atoms with Crippen LogP contribution >= 0.6 is 15.9 Å². The van der Waals surface area contributed by atoms with Crippen molar-refractivity contribution in [3.05, 3.63) is 28.0 Å². The molecule has 2 heterocycles. The van der Waals surface area contributed by atoms with Crippen LogP contribution in [0.25, 0.3) is 0 Å². The molecule has 0 atom stereocenters. The summed E-state index contributed by atoms with van der Waals surface area (Å²) in [5, 5.41) is 12.0. The van der Waals surface area contributed by atoms with E-state index in [2.05, 4.69) is 36.4 Å². The number of nitrogens with zero attached hydrogens (tertiary/aromatic N) is 5. The average Bonchev–Trinajstić information content (AvgIpc) is 2.82. The van der Waals surface area contributed by atoms with E-state index in [1.54, 1.807) is 11.0 Å². The largest absolute Gasteiger partial charge is 0.311 e. The molecular formula is C11H17BrN6. The molecule has 0 saturated heterocycles. The molecule has 0 fully saturated rings. The van der Waals surface area contributed by atoms with Gasteiger partial charge in [-0.25, -0.2) is 4.98 Å². The van der Waals surface area contributed by atoms with Crippen LogP contribution in [0.15, 0.2) is 10.8 Å². The maximum Gasteiger partial charge on any atom is 0.151 e. The second kappa shape index (κ2) is 5.62. The minimum absolute atomic E-state index is 0.782. The molecule has 6 nitrogen and oxygen atoms in total. The average molecular weight is 313 g/mol. The Balaban J connectivity index is 1.82. The van der Waals surface area contributed by atoms with E-state index in [0.29, 0.717) is 0 Å². The van der Waals surface area contributed by atoms with Gasteiger partial charge in [-0.3, -0.25) is 9.36 Å². The molecule has 0 aliphatic carbocycles. The van der Waals surface area contributed by atoms with E-state index in [9.17, 15) is 0 Å². The summed E-state index contributed by atoms with van der Waals surface area (Å²) in [7, 11) is 3.83. The summed E-state index contributed by atoms with van der Waals surface area (Å²) >= 11 is 3.55. The van der Waals surface area contributed by atoms with E-state index in [-0.39, 0.29) is 0 Å². The summed E-state index contributed by atoms with van der Waals surface area (Å²) in [6, 6.07) is 0. The molecule has 2 rings (SSSR count). The van der Waals surface area contributed by atoms with Gasteiger partial charge < -0.3 is 5.32 Å². The summed E-state index contributed by atoms with van der Waals surface area (Å²) in [5.41, 5.74) is 2.17. The highest BCUT2D eigenvalue weighted by Gasteiger charge is 2.09. The molecule has 0 radical (unpaired) electrons. The number of halogens is 1. The fourth-order valence-electron chi connectivity index (χ4n) is 1.78. The second-order valence-electron chi connectivity index (χ2n) is 4.23. The van der Waals surface area contributed by atoms with Crippen molar-refractivity contribution in [3.8, 4) is 0 Å². The van der Waals surface area contributed by atoms with E-state index >= 15 is 0 Å². The maximum atomic E-state index is 4.35. The highest BCUT2D eigenvalue weighted by molar-refractivity contribution is 9.10. The van der Waals surface area contributed by atoms with Gasteiger partial charge in [0.15, 0.2) is 5.82 Å². The Kier molecular flexibility index (Phi) is 4.13. The van der Waals surface area contributed by atoms with Crippen LogP contribution in [0.5, 0.6) is 0 Å². The van der Waals surface area contributed by atoms with Crippen molar-refractivity contribution < 1.29 is 0 Å². The summed E-state index contributed by atoms with van der Waals surface area (Å²) in [4.78, 5) is 4.18. The first-order chi connectivity index (χ1) is 8.58. The van der Waals surface area contributed by atoms with Crippen LogP contribution in [0.2, 0.25) is 0 Å². The predicted octanol–water partition coefficient (Wildman–Crippen LogP) is 0.952. The summed E-state index contributed by atoms with van der Waals surface area (Å²) in [5.74, 6) is 0.866. The van der Waals surface area contributed by atoms with Crippen molar-refractivity contribution in [1.82, 2.24) is 29.9 Å². The van der Waals surface area contributed by atoms with E-state index < -0.39 is 0 Å². The molecule has 0 bridgehead atoms. The third kappa shape index (κ3) is 2.97. The Morgan fingerprint density at radius 3 is 2.67 bits per heavy atom. The molecule has 0 amide bonds. The summed E-state index contributed by atoms with van der Waals surface area (Å²) < 4.78 is 4.69. The summed E-state index contributed by atoms with van der Waals surface area (Å²) in [6.07, 6.45) is 2.55. The van der Waals surface area contributed by atoms with Crippen LogP contribution in [0.4, 0.5) is 0 Å². The van der Waals surface area contributed by atoms with Crippen LogP contribution in [0, 0.1) is 6.92 Å². The molecule has 2 aromatic rings. The minimum atomic E-state index is 0.782. The molecule has 0 aliphatic heterocycles. The zero-order chi connectivity index (χ0) is 13.1. The molecule has 0 aliphatic rings. The van der Waals surface area contributed by atoms with Crippen LogP contribution in [0.3, 0.4) is 0 Å². The lowest BCUT2D eigenvalue weighted by molar-refractivity contribution is 0.613. The SMILES string of the molecule is Cc1nn(C)c(CNCCc2ncn(C)n2)c1Br. The lowest BCUT2D eigenvalue weighted by Crippen LogP contribution is -2.19. The molecule has 0 spiro atoms. The number of hydrogen-bond acceptors (Lipinski definition) is 4. The Morgan fingerprint density at radius 2 is 2.11 bits per heavy atom. The van der Waals surface area contributed by atoms with Crippen LogP contribution < -0.4 is 5.32 Å². The third-order valence-corrected chi connectivity index (χ3v) is 3.76. The van der Waals surface area contributed by atoms with E-state index in [1.807, 2.05) is 25.7 Å². The summed E-state index contributed by atoms with van der Waals surface area (Å²) in [6.45, 7) is 3.62. The number of rotatable bonds is 5. The Bertz CT molecular complexity index is 530. The van der Waals surface area contributed by atoms with Gasteiger partial charge in [0.25, 0.3) is 0 Å². The Hall–Kier alpha value is -1.21. The van der Waals surface area contributed by atoms with Gasteiger partial charge >= 0.3 is 0 Å². The fourth-order valence-corrected chi connectivity index (χ4v) is 2.25. The topological polar surface area (TPSA) is 60.6 Å². The quantitative estimate of drug-likeness (QED) is 0.835. The van der Waals surface area contributed by atoms with Crippen molar-refractivity contribution in [1.29, 1.82) is 0 Å². The maximum absolute atomic E-state index is 4.35. The molecule has 98 valence electrons. The van der Waals surface area contributed by atoms with Crippen LogP contribution in [-0.2, 0) is 27.1 Å². The first-order valence-electron chi connectivity index (χ1n) is 5.81. The molecular weight excluding hydrogens is 296 g/mol. The first kappa shape index (κ1) is 13.2. The second-order valence-corrected chi connectivity index (χ2v) is 5.02. The lowest BCUT2D eigenvalue weighted by atomic mass is 10.3. The van der Waals surface area contributed by atoms with Gasteiger partial charge in [-0.05, 0) is 22.9 Å². The number of aryl methyl sites for hydroxylation is 3. The zero-order valence-electron chi connectivity index (χ0n) is 10.8. The molecule has 0 unspecified atom stereocenters. The fraction of sp³-hybridized carbons (Fsp3) is 0.545. The smallest absolute Gasteiger partial charge is 0.151 e. The molecule has 0 aromatic carbocycles. The van der Waals surface area contributed by atoms with Crippen molar-refractivity contribution in [2.45, 2.75) is 19.9 Å². The molecule has 2 aromatic heterocycles.